The zero-order valence-electron chi connectivity index (χ0n) is 12.0. The number of nitrogens with two attached hydrogens (primary N) is 1. The van der Waals surface area contributed by atoms with Crippen molar-refractivity contribution in [2.75, 3.05) is 13.7 Å². The van der Waals surface area contributed by atoms with E-state index in [4.69, 9.17) is 10.5 Å². The molecule has 1 saturated carbocycles. The molecule has 0 saturated heterocycles. The summed E-state index contributed by atoms with van der Waals surface area (Å²) in [5, 5.41) is 4.44. The van der Waals surface area contributed by atoms with Crippen LogP contribution in [-0.4, -0.2) is 29.5 Å². The lowest BCUT2D eigenvalue weighted by molar-refractivity contribution is 0.172. The van der Waals surface area contributed by atoms with Crippen LogP contribution in [0.4, 0.5) is 0 Å². The Balaban J connectivity index is 2.26. The molecule has 1 heterocycles. The van der Waals surface area contributed by atoms with Gasteiger partial charge in [-0.15, -0.1) is 0 Å². The van der Waals surface area contributed by atoms with E-state index in [1.165, 1.54) is 12.1 Å². The van der Waals surface area contributed by atoms with Crippen molar-refractivity contribution in [2.45, 2.75) is 51.6 Å². The predicted molar refractivity (Wildman–Crippen MR) is 80.2 cm³/mol. The maximum atomic E-state index is 6.36. The van der Waals surface area contributed by atoms with Crippen molar-refractivity contribution in [1.29, 1.82) is 0 Å². The summed E-state index contributed by atoms with van der Waals surface area (Å²) in [7, 11) is 1.72. The van der Waals surface area contributed by atoms with Crippen LogP contribution in [0.1, 0.15) is 44.7 Å². The Morgan fingerprint density at radius 2 is 2.32 bits per heavy atom. The lowest BCUT2D eigenvalue weighted by atomic mass is 9.69. The van der Waals surface area contributed by atoms with Crippen LogP contribution in [0.3, 0.4) is 0 Å². The van der Waals surface area contributed by atoms with Crippen LogP contribution < -0.4 is 5.73 Å². The lowest BCUT2D eigenvalue weighted by Crippen LogP contribution is -2.39. The highest BCUT2D eigenvalue weighted by Gasteiger charge is 2.36. The van der Waals surface area contributed by atoms with Crippen LogP contribution in [-0.2, 0) is 11.3 Å². The van der Waals surface area contributed by atoms with Crippen LogP contribution >= 0.6 is 15.9 Å². The molecular formula is C14H24BrN3O. The van der Waals surface area contributed by atoms with Crippen molar-refractivity contribution >= 4 is 15.9 Å². The highest BCUT2D eigenvalue weighted by Crippen LogP contribution is 2.44. The zero-order valence-corrected chi connectivity index (χ0v) is 13.6. The fourth-order valence-electron chi connectivity index (χ4n) is 3.00. The van der Waals surface area contributed by atoms with Gasteiger partial charge in [-0.1, -0.05) is 13.8 Å². The number of rotatable bonds is 4. The highest BCUT2D eigenvalue weighted by molar-refractivity contribution is 9.10. The molecule has 19 heavy (non-hydrogen) atoms. The molecule has 1 aliphatic rings. The van der Waals surface area contributed by atoms with Crippen molar-refractivity contribution in [3.63, 3.8) is 0 Å². The van der Waals surface area contributed by atoms with Gasteiger partial charge >= 0.3 is 0 Å². The van der Waals surface area contributed by atoms with Crippen LogP contribution in [0.2, 0.25) is 0 Å². The van der Waals surface area contributed by atoms with Gasteiger partial charge in [0.1, 0.15) is 0 Å². The molecule has 4 nitrogen and oxygen atoms in total. The van der Waals surface area contributed by atoms with Crippen LogP contribution in [0.25, 0.3) is 0 Å². The zero-order chi connectivity index (χ0) is 14.0. The number of ether oxygens (including phenoxy) is 1. The van der Waals surface area contributed by atoms with E-state index in [1.807, 2.05) is 10.9 Å². The number of methoxy groups -OCH3 is 1. The van der Waals surface area contributed by atoms with Gasteiger partial charge in [0, 0.05) is 19.1 Å². The molecule has 1 aliphatic carbocycles. The minimum Gasteiger partial charge on any atom is -0.383 e. The molecular weight excluding hydrogens is 306 g/mol. The Labute approximate surface area is 123 Å². The molecule has 2 N–H and O–H groups in total. The summed E-state index contributed by atoms with van der Waals surface area (Å²) in [6.45, 7) is 6.11. The summed E-state index contributed by atoms with van der Waals surface area (Å²) in [6, 6.07) is 0.224. The van der Waals surface area contributed by atoms with E-state index in [-0.39, 0.29) is 6.04 Å². The summed E-state index contributed by atoms with van der Waals surface area (Å²) < 4.78 is 8.27. The van der Waals surface area contributed by atoms with Gasteiger partial charge in [0.05, 0.1) is 29.5 Å². The highest BCUT2D eigenvalue weighted by atomic mass is 79.9. The fraction of sp³-hybridized carbons (Fsp3) is 0.786. The molecule has 2 atom stereocenters. The van der Waals surface area contributed by atoms with E-state index in [0.29, 0.717) is 17.9 Å². The van der Waals surface area contributed by atoms with Gasteiger partial charge in [0.25, 0.3) is 0 Å². The van der Waals surface area contributed by atoms with Gasteiger partial charge in [-0.3, -0.25) is 4.68 Å². The maximum Gasteiger partial charge on any atom is 0.0658 e. The smallest absolute Gasteiger partial charge is 0.0658 e. The van der Waals surface area contributed by atoms with E-state index in [0.717, 1.165) is 23.9 Å². The molecule has 0 bridgehead atoms. The molecule has 0 radical (unpaired) electrons. The monoisotopic (exact) mass is 329 g/mol. The van der Waals surface area contributed by atoms with E-state index >= 15 is 0 Å². The molecule has 0 aliphatic heterocycles. The Morgan fingerprint density at radius 3 is 3.00 bits per heavy atom. The Kier molecular flexibility index (Phi) is 4.69. The second-order valence-corrected chi connectivity index (χ2v) is 7.13. The van der Waals surface area contributed by atoms with Gasteiger partial charge in [0.2, 0.25) is 0 Å². The van der Waals surface area contributed by atoms with E-state index in [1.54, 1.807) is 7.11 Å². The average Bonchev–Trinajstić information content (AvgIpc) is 2.71. The Bertz CT molecular complexity index is 430. The topological polar surface area (TPSA) is 53.1 Å². The van der Waals surface area contributed by atoms with Crippen molar-refractivity contribution in [2.24, 2.45) is 11.1 Å². The third-order valence-electron chi connectivity index (χ3n) is 4.14. The van der Waals surface area contributed by atoms with Gasteiger partial charge in [-0.05, 0) is 40.6 Å². The number of aromatic nitrogens is 2. The minimum absolute atomic E-state index is 0.224. The quantitative estimate of drug-likeness (QED) is 0.923. The Hall–Kier alpha value is -0.390. The second kappa shape index (κ2) is 5.94. The summed E-state index contributed by atoms with van der Waals surface area (Å²) >= 11 is 3.63. The molecule has 5 heteroatoms. The van der Waals surface area contributed by atoms with E-state index in [9.17, 15) is 0 Å². The third kappa shape index (κ3) is 3.38. The number of nitrogens with zero attached hydrogens (tertiary/aromatic N) is 2. The minimum atomic E-state index is 0.224. The molecule has 1 aromatic rings. The first kappa shape index (κ1) is 15.0. The van der Waals surface area contributed by atoms with Gasteiger partial charge in [0.15, 0.2) is 0 Å². The fourth-order valence-corrected chi connectivity index (χ4v) is 3.59. The first-order chi connectivity index (χ1) is 8.94. The molecule has 108 valence electrons. The lowest BCUT2D eigenvalue weighted by Gasteiger charge is -2.39. The molecule has 0 amide bonds. The van der Waals surface area contributed by atoms with Gasteiger partial charge in [-0.2, -0.15) is 5.10 Å². The molecule has 1 fully saturated rings. The molecule has 2 rings (SSSR count). The van der Waals surface area contributed by atoms with Crippen LogP contribution in [0, 0.1) is 5.41 Å². The SMILES string of the molecule is COCCn1ncc(Br)c1C1CC(C)(C)CCC1N. The van der Waals surface area contributed by atoms with Gasteiger partial charge in [-0.25, -0.2) is 0 Å². The summed E-state index contributed by atoms with van der Waals surface area (Å²) in [5.41, 5.74) is 7.96. The van der Waals surface area contributed by atoms with Crippen LogP contribution in [0.5, 0.6) is 0 Å². The molecule has 0 aromatic carbocycles. The summed E-state index contributed by atoms with van der Waals surface area (Å²) in [6.07, 6.45) is 5.28. The first-order valence-electron chi connectivity index (χ1n) is 6.90. The van der Waals surface area contributed by atoms with Crippen molar-refractivity contribution < 1.29 is 4.74 Å². The average molecular weight is 330 g/mol. The largest absolute Gasteiger partial charge is 0.383 e. The maximum absolute atomic E-state index is 6.36. The molecule has 0 spiro atoms. The predicted octanol–water partition coefficient (Wildman–Crippen LogP) is 2.91. The molecule has 1 aromatic heterocycles. The normalized spacial score (nSPS) is 26.6. The standard InChI is InChI=1S/C14H24BrN3O/c1-14(2)5-4-12(16)10(8-14)13-11(15)9-17-18(13)6-7-19-3/h9-10,12H,4-8,16H2,1-3H3. The van der Waals surface area contributed by atoms with Crippen LogP contribution in [0.15, 0.2) is 10.7 Å². The number of halogens is 1. The first-order valence-corrected chi connectivity index (χ1v) is 7.69. The summed E-state index contributed by atoms with van der Waals surface area (Å²) in [4.78, 5) is 0. The number of hydrogen-bond donors (Lipinski definition) is 1. The van der Waals surface area contributed by atoms with Gasteiger partial charge < -0.3 is 10.5 Å². The van der Waals surface area contributed by atoms with Crippen molar-refractivity contribution in [1.82, 2.24) is 9.78 Å². The van der Waals surface area contributed by atoms with E-state index < -0.39 is 0 Å². The third-order valence-corrected chi connectivity index (χ3v) is 4.75. The van der Waals surface area contributed by atoms with Crippen molar-refractivity contribution in [3.05, 3.63) is 16.4 Å². The number of hydrogen-bond acceptors (Lipinski definition) is 3. The Morgan fingerprint density at radius 1 is 1.58 bits per heavy atom. The van der Waals surface area contributed by atoms with E-state index in [2.05, 4.69) is 34.9 Å². The molecule has 2 unspecified atom stereocenters. The second-order valence-electron chi connectivity index (χ2n) is 6.27. The summed E-state index contributed by atoms with van der Waals surface area (Å²) in [5.74, 6) is 0.373. The van der Waals surface area contributed by atoms with Crippen molar-refractivity contribution in [3.8, 4) is 0 Å².